The molecule has 2 amide bonds. The highest BCUT2D eigenvalue weighted by atomic mass is 32.3. The van der Waals surface area contributed by atoms with Crippen LogP contribution in [-0.4, -0.2) is 47.5 Å². The number of methoxy groups -OCH3 is 1. The molecule has 0 aliphatic heterocycles. The SMILES string of the molecule is COc1ccc(C(NC(=O)Cn2ccc(C(F)(F)F)n2)C(=O)Nc2ccc(S(C)(C)C)cc2)cc1. The van der Waals surface area contributed by atoms with Crippen molar-refractivity contribution in [2.75, 3.05) is 31.2 Å². The van der Waals surface area contributed by atoms with Gasteiger partial charge in [0.25, 0.3) is 5.91 Å². The number of carbonyl (C=O) groups excluding carboxylic acids is 2. The number of ether oxygens (including phenoxy) is 1. The highest BCUT2D eigenvalue weighted by Gasteiger charge is 2.33. The molecule has 0 bridgehead atoms. The molecule has 2 aromatic carbocycles. The zero-order valence-electron chi connectivity index (χ0n) is 19.7. The summed E-state index contributed by atoms with van der Waals surface area (Å²) in [6.45, 7) is -0.487. The van der Waals surface area contributed by atoms with Crippen LogP contribution in [0.5, 0.6) is 5.75 Å². The van der Waals surface area contributed by atoms with Crippen LogP contribution >= 0.6 is 10.0 Å². The predicted molar refractivity (Wildman–Crippen MR) is 130 cm³/mol. The van der Waals surface area contributed by atoms with Crippen molar-refractivity contribution < 1.29 is 27.5 Å². The molecule has 1 heterocycles. The van der Waals surface area contributed by atoms with Crippen molar-refractivity contribution in [2.24, 2.45) is 0 Å². The molecule has 0 aliphatic carbocycles. The van der Waals surface area contributed by atoms with E-state index < -0.39 is 46.3 Å². The third kappa shape index (κ3) is 7.01. The molecule has 3 aromatic rings. The number of halogens is 3. The van der Waals surface area contributed by atoms with E-state index in [9.17, 15) is 22.8 Å². The van der Waals surface area contributed by atoms with Gasteiger partial charge < -0.3 is 15.4 Å². The molecule has 1 aromatic heterocycles. The molecule has 7 nitrogen and oxygen atoms in total. The van der Waals surface area contributed by atoms with Crippen LogP contribution in [0, 0.1) is 0 Å². The molecule has 3 rings (SSSR count). The van der Waals surface area contributed by atoms with Crippen LogP contribution < -0.4 is 15.4 Å². The van der Waals surface area contributed by atoms with E-state index in [1.807, 2.05) is 12.1 Å². The highest BCUT2D eigenvalue weighted by Crippen LogP contribution is 2.45. The number of rotatable bonds is 8. The first-order valence-corrected chi connectivity index (χ1v) is 13.4. The number of hydrogen-bond donors (Lipinski definition) is 2. The van der Waals surface area contributed by atoms with Crippen molar-refractivity contribution in [3.05, 3.63) is 72.1 Å². The molecule has 0 aliphatic rings. The summed E-state index contributed by atoms with van der Waals surface area (Å²) in [6.07, 6.45) is 2.92. The molecular weight excluding hydrogens is 481 g/mol. The Morgan fingerprint density at radius 3 is 2.17 bits per heavy atom. The summed E-state index contributed by atoms with van der Waals surface area (Å²) in [5.41, 5.74) is -0.0730. The molecule has 0 saturated carbocycles. The summed E-state index contributed by atoms with van der Waals surface area (Å²) in [6, 6.07) is 13.7. The molecule has 11 heteroatoms. The van der Waals surface area contributed by atoms with Gasteiger partial charge in [0.15, 0.2) is 5.69 Å². The molecule has 1 unspecified atom stereocenters. The maximum Gasteiger partial charge on any atom is 0.435 e. The molecule has 35 heavy (non-hydrogen) atoms. The minimum atomic E-state index is -4.61. The first kappa shape index (κ1) is 26.1. The van der Waals surface area contributed by atoms with Gasteiger partial charge in [-0.2, -0.15) is 18.3 Å². The third-order valence-corrected chi connectivity index (χ3v) is 6.77. The van der Waals surface area contributed by atoms with Gasteiger partial charge in [-0.25, -0.2) is 10.0 Å². The van der Waals surface area contributed by atoms with Crippen LogP contribution in [0.1, 0.15) is 17.3 Å². The van der Waals surface area contributed by atoms with Gasteiger partial charge in [-0.3, -0.25) is 14.3 Å². The van der Waals surface area contributed by atoms with Crippen molar-refractivity contribution in [1.82, 2.24) is 15.1 Å². The lowest BCUT2D eigenvalue weighted by atomic mass is 10.1. The topological polar surface area (TPSA) is 85.2 Å². The molecule has 0 saturated heterocycles. The Kier molecular flexibility index (Phi) is 7.79. The van der Waals surface area contributed by atoms with Gasteiger partial charge in [0.05, 0.1) is 7.11 Å². The Morgan fingerprint density at radius 2 is 1.66 bits per heavy atom. The van der Waals surface area contributed by atoms with Crippen molar-refractivity contribution in [2.45, 2.75) is 23.7 Å². The van der Waals surface area contributed by atoms with Crippen LogP contribution in [-0.2, 0) is 22.3 Å². The van der Waals surface area contributed by atoms with E-state index in [-0.39, 0.29) is 0 Å². The molecular formula is C24H27F3N4O3S. The Bertz CT molecular complexity index is 1170. The summed E-state index contributed by atoms with van der Waals surface area (Å²) in [5.74, 6) is -0.615. The Balaban J connectivity index is 1.78. The summed E-state index contributed by atoms with van der Waals surface area (Å²) in [7, 11) is 0.576. The molecule has 0 fully saturated rings. The molecule has 1 atom stereocenters. The lowest BCUT2D eigenvalue weighted by molar-refractivity contribution is -0.141. The fourth-order valence-electron chi connectivity index (χ4n) is 3.21. The quantitative estimate of drug-likeness (QED) is 0.471. The number of amides is 2. The second-order valence-electron chi connectivity index (χ2n) is 8.52. The third-order valence-electron chi connectivity index (χ3n) is 5.08. The molecule has 0 radical (unpaired) electrons. The van der Waals surface area contributed by atoms with E-state index in [1.54, 1.807) is 36.4 Å². The van der Waals surface area contributed by atoms with Gasteiger partial charge in [-0.05, 0) is 71.7 Å². The number of carbonyl (C=O) groups is 2. The lowest BCUT2D eigenvalue weighted by Gasteiger charge is -2.26. The monoisotopic (exact) mass is 508 g/mol. The normalized spacial score (nSPS) is 13.1. The van der Waals surface area contributed by atoms with Gasteiger partial charge >= 0.3 is 6.18 Å². The van der Waals surface area contributed by atoms with Crippen molar-refractivity contribution in [3.8, 4) is 5.75 Å². The average Bonchev–Trinajstić information content (AvgIpc) is 3.26. The number of nitrogens with one attached hydrogen (secondary N) is 2. The van der Waals surface area contributed by atoms with Crippen LogP contribution in [0.3, 0.4) is 0 Å². The first-order valence-electron chi connectivity index (χ1n) is 10.5. The standard InChI is InChI=1S/C24H27F3N4O3S/c1-34-18-9-5-16(6-10-18)22(23(33)28-17-7-11-19(12-8-17)35(2,3)4)29-21(32)15-31-14-13-20(30-31)24(25,26)27/h5-14,22H,15H2,1-4H3,(H,28,33)(H,29,32). The summed E-state index contributed by atoms with van der Waals surface area (Å²) in [5, 5.41) is 8.77. The number of nitrogens with zero attached hydrogens (tertiary/aromatic N) is 2. The first-order chi connectivity index (χ1) is 16.4. The number of alkyl halides is 3. The molecule has 188 valence electrons. The largest absolute Gasteiger partial charge is 0.497 e. The maximum absolute atomic E-state index is 13.1. The van der Waals surface area contributed by atoms with Crippen LogP contribution in [0.4, 0.5) is 18.9 Å². The maximum atomic E-state index is 13.1. The minimum absolute atomic E-state index is 0.476. The van der Waals surface area contributed by atoms with Crippen molar-refractivity contribution >= 4 is 27.5 Å². The Labute approximate surface area is 203 Å². The number of aromatic nitrogens is 2. The minimum Gasteiger partial charge on any atom is -0.497 e. The zero-order chi connectivity index (χ0) is 25.8. The van der Waals surface area contributed by atoms with Crippen LogP contribution in [0.2, 0.25) is 0 Å². The van der Waals surface area contributed by atoms with Crippen LogP contribution in [0.25, 0.3) is 0 Å². The van der Waals surface area contributed by atoms with E-state index in [2.05, 4.69) is 34.5 Å². The summed E-state index contributed by atoms with van der Waals surface area (Å²) < 4.78 is 44.4. The van der Waals surface area contributed by atoms with E-state index in [1.165, 1.54) is 12.0 Å². The van der Waals surface area contributed by atoms with Gasteiger partial charge in [0, 0.05) is 11.9 Å². The second-order valence-corrected chi connectivity index (χ2v) is 12.7. The second kappa shape index (κ2) is 10.4. The highest BCUT2D eigenvalue weighted by molar-refractivity contribution is 8.32. The molecule has 2 N–H and O–H groups in total. The zero-order valence-corrected chi connectivity index (χ0v) is 20.5. The van der Waals surface area contributed by atoms with Crippen LogP contribution in [0.15, 0.2) is 65.7 Å². The smallest absolute Gasteiger partial charge is 0.435 e. The predicted octanol–water partition coefficient (Wildman–Crippen LogP) is 4.46. The summed E-state index contributed by atoms with van der Waals surface area (Å²) in [4.78, 5) is 27.0. The number of benzene rings is 2. The summed E-state index contributed by atoms with van der Waals surface area (Å²) >= 11 is 0. The average molecular weight is 509 g/mol. The van der Waals surface area contributed by atoms with E-state index in [0.717, 1.165) is 16.9 Å². The van der Waals surface area contributed by atoms with Gasteiger partial charge in [-0.1, -0.05) is 12.1 Å². The van der Waals surface area contributed by atoms with Gasteiger partial charge in [-0.15, -0.1) is 0 Å². The fourth-order valence-corrected chi connectivity index (χ4v) is 4.16. The van der Waals surface area contributed by atoms with Crippen molar-refractivity contribution in [3.63, 3.8) is 0 Å². The lowest BCUT2D eigenvalue weighted by Crippen LogP contribution is -2.38. The Hall–Kier alpha value is -3.47. The van der Waals surface area contributed by atoms with E-state index in [4.69, 9.17) is 4.74 Å². The number of hydrogen-bond acceptors (Lipinski definition) is 4. The van der Waals surface area contributed by atoms with E-state index in [0.29, 0.717) is 17.0 Å². The fraction of sp³-hybridized carbons (Fsp3) is 0.292. The number of anilines is 1. The van der Waals surface area contributed by atoms with Gasteiger partial charge in [0.1, 0.15) is 18.3 Å². The molecule has 0 spiro atoms. The van der Waals surface area contributed by atoms with Gasteiger partial charge in [0.2, 0.25) is 5.91 Å². The Morgan fingerprint density at radius 1 is 1.03 bits per heavy atom. The van der Waals surface area contributed by atoms with E-state index >= 15 is 0 Å². The van der Waals surface area contributed by atoms with Crippen molar-refractivity contribution in [1.29, 1.82) is 0 Å².